The average molecular weight is 594 g/mol. The van der Waals surface area contributed by atoms with Crippen LogP contribution in [0.2, 0.25) is 0 Å². The van der Waals surface area contributed by atoms with E-state index < -0.39 is 5.60 Å². The number of piperidine rings is 1. The standard InChI is InChI=1S/C31H43N7O3S/c1-21(28-33-34-29(42-28)23-15-26(35(5)6)18-32-17-23)37-14-12-24(16-27(37)39)36-13-8-11-25(20-36)38(19-22-9-7-10-22)30(40)41-31(2,3)4/h12,14-18,21-22,25H,7-11,13,19-20H2,1-6H3/t21?,25-/m1/s1. The molecule has 0 spiro atoms. The zero-order chi connectivity index (χ0) is 30.0. The summed E-state index contributed by atoms with van der Waals surface area (Å²) in [7, 11) is 3.95. The Bertz CT molecular complexity index is 1440. The van der Waals surface area contributed by atoms with Gasteiger partial charge in [-0.2, -0.15) is 0 Å². The van der Waals surface area contributed by atoms with Crippen molar-refractivity contribution in [1.29, 1.82) is 0 Å². The van der Waals surface area contributed by atoms with E-state index in [-0.39, 0.29) is 23.7 Å². The van der Waals surface area contributed by atoms with Crippen molar-refractivity contribution in [1.82, 2.24) is 24.6 Å². The molecule has 2 aliphatic rings. The van der Waals surface area contributed by atoms with E-state index in [9.17, 15) is 9.59 Å². The number of pyridine rings is 2. The fourth-order valence-corrected chi connectivity index (χ4v) is 6.39. The van der Waals surface area contributed by atoms with Crippen LogP contribution >= 0.6 is 11.3 Å². The van der Waals surface area contributed by atoms with E-state index in [4.69, 9.17) is 4.74 Å². The summed E-state index contributed by atoms with van der Waals surface area (Å²) >= 11 is 1.47. The van der Waals surface area contributed by atoms with E-state index in [2.05, 4.69) is 20.1 Å². The summed E-state index contributed by atoms with van der Waals surface area (Å²) in [6, 6.07) is 5.52. The fraction of sp³-hybridized carbons (Fsp3) is 0.581. The lowest BCUT2D eigenvalue weighted by atomic mass is 9.84. The Morgan fingerprint density at radius 3 is 2.60 bits per heavy atom. The Morgan fingerprint density at radius 1 is 1.14 bits per heavy atom. The molecule has 10 nitrogen and oxygen atoms in total. The van der Waals surface area contributed by atoms with Crippen LogP contribution in [0.25, 0.3) is 10.6 Å². The predicted molar refractivity (Wildman–Crippen MR) is 167 cm³/mol. The summed E-state index contributed by atoms with van der Waals surface area (Å²) < 4.78 is 7.51. The average Bonchev–Trinajstić information content (AvgIpc) is 3.42. The van der Waals surface area contributed by atoms with Crippen LogP contribution in [0.5, 0.6) is 0 Å². The molecular weight excluding hydrogens is 550 g/mol. The molecule has 11 heteroatoms. The van der Waals surface area contributed by atoms with Gasteiger partial charge in [0.2, 0.25) is 0 Å². The van der Waals surface area contributed by atoms with Gasteiger partial charge in [0, 0.05) is 63.4 Å². The van der Waals surface area contributed by atoms with Crippen LogP contribution in [0, 0.1) is 5.92 Å². The largest absolute Gasteiger partial charge is 0.444 e. The summed E-state index contributed by atoms with van der Waals surface area (Å²) in [5.41, 5.74) is 2.14. The maximum absolute atomic E-state index is 13.4. The highest BCUT2D eigenvalue weighted by atomic mass is 32.1. The molecule has 4 heterocycles. The highest BCUT2D eigenvalue weighted by molar-refractivity contribution is 7.14. The second kappa shape index (κ2) is 12.4. The van der Waals surface area contributed by atoms with E-state index >= 15 is 0 Å². The minimum Gasteiger partial charge on any atom is -0.444 e. The van der Waals surface area contributed by atoms with E-state index in [1.807, 2.05) is 76.1 Å². The summed E-state index contributed by atoms with van der Waals surface area (Å²) in [5, 5.41) is 10.3. The second-order valence-electron chi connectivity index (χ2n) is 12.7. The summed E-state index contributed by atoms with van der Waals surface area (Å²) in [6.07, 6.45) is 10.7. The number of hydrogen-bond acceptors (Lipinski definition) is 9. The van der Waals surface area contributed by atoms with Crippen LogP contribution in [-0.2, 0) is 4.74 Å². The van der Waals surface area contributed by atoms with E-state index in [0.717, 1.165) is 52.9 Å². The molecule has 2 atom stereocenters. The molecular formula is C31H43N7O3S. The Labute approximate surface area is 252 Å². The highest BCUT2D eigenvalue weighted by Gasteiger charge is 2.34. The maximum atomic E-state index is 13.4. The Hall–Kier alpha value is -3.47. The minimum atomic E-state index is -0.536. The van der Waals surface area contributed by atoms with Gasteiger partial charge in [0.05, 0.1) is 24.0 Å². The van der Waals surface area contributed by atoms with Crippen LogP contribution in [-0.4, -0.2) is 76.1 Å². The smallest absolute Gasteiger partial charge is 0.410 e. The third-order valence-electron chi connectivity index (χ3n) is 8.14. The lowest BCUT2D eigenvalue weighted by Gasteiger charge is -2.43. The highest BCUT2D eigenvalue weighted by Crippen LogP contribution is 2.32. The molecule has 1 aliphatic carbocycles. The maximum Gasteiger partial charge on any atom is 0.410 e. The first-order chi connectivity index (χ1) is 20.0. The van der Waals surface area contributed by atoms with Crippen molar-refractivity contribution in [3.05, 3.63) is 52.2 Å². The Kier molecular flexibility index (Phi) is 8.86. The number of hydrogen-bond donors (Lipinski definition) is 0. The third kappa shape index (κ3) is 6.94. The molecule has 226 valence electrons. The molecule has 2 fully saturated rings. The van der Waals surface area contributed by atoms with E-state index in [1.165, 1.54) is 30.6 Å². The molecule has 1 amide bonds. The van der Waals surface area contributed by atoms with Crippen molar-refractivity contribution in [2.45, 2.75) is 77.5 Å². The van der Waals surface area contributed by atoms with Gasteiger partial charge in [0.25, 0.3) is 5.56 Å². The van der Waals surface area contributed by atoms with Gasteiger partial charge in [-0.05, 0) is 71.4 Å². The number of carbonyl (C=O) groups is 1. The minimum absolute atomic E-state index is 0.0517. The zero-order valence-electron chi connectivity index (χ0n) is 25.6. The van der Waals surface area contributed by atoms with Crippen molar-refractivity contribution < 1.29 is 9.53 Å². The Balaban J connectivity index is 1.30. The van der Waals surface area contributed by atoms with Gasteiger partial charge < -0.3 is 24.0 Å². The molecule has 1 saturated heterocycles. The van der Waals surface area contributed by atoms with Gasteiger partial charge in [-0.25, -0.2) is 4.79 Å². The first-order valence-corrected chi connectivity index (χ1v) is 15.7. The van der Waals surface area contributed by atoms with Gasteiger partial charge in [-0.3, -0.25) is 9.78 Å². The topological polar surface area (TPSA) is 96.7 Å². The quantitative estimate of drug-likeness (QED) is 0.341. The van der Waals surface area contributed by atoms with E-state index in [0.29, 0.717) is 12.5 Å². The Morgan fingerprint density at radius 2 is 1.93 bits per heavy atom. The van der Waals surface area contributed by atoms with Crippen LogP contribution < -0.4 is 15.4 Å². The third-order valence-corrected chi connectivity index (χ3v) is 9.29. The van der Waals surface area contributed by atoms with Crippen LogP contribution in [0.3, 0.4) is 0 Å². The molecule has 1 aliphatic heterocycles. The number of amides is 1. The fourth-order valence-electron chi connectivity index (χ4n) is 5.51. The lowest BCUT2D eigenvalue weighted by Crippen LogP contribution is -2.53. The predicted octanol–water partition coefficient (Wildman–Crippen LogP) is 5.44. The molecule has 42 heavy (non-hydrogen) atoms. The summed E-state index contributed by atoms with van der Waals surface area (Å²) in [4.78, 5) is 37.1. The summed E-state index contributed by atoms with van der Waals surface area (Å²) in [5.74, 6) is 0.548. The number of anilines is 2. The van der Waals surface area contributed by atoms with E-state index in [1.54, 1.807) is 16.8 Å². The number of ether oxygens (including phenoxy) is 1. The van der Waals surface area contributed by atoms with Crippen molar-refractivity contribution in [2.75, 3.05) is 43.5 Å². The number of nitrogens with zero attached hydrogens (tertiary/aromatic N) is 7. The number of carbonyl (C=O) groups excluding carboxylic acids is 1. The van der Waals surface area contributed by atoms with Crippen LogP contribution in [0.4, 0.5) is 16.2 Å². The monoisotopic (exact) mass is 593 g/mol. The molecule has 1 saturated carbocycles. The number of rotatable bonds is 8. The SMILES string of the molecule is CC(c1nnc(-c2cncc(N(C)C)c2)s1)n1ccc(N2CCC[C@@H](N(CC3CCC3)C(=O)OC(C)(C)C)C2)cc1=O. The van der Waals surface area contributed by atoms with Gasteiger partial charge in [0.15, 0.2) is 0 Å². The molecule has 1 unspecified atom stereocenters. The second-order valence-corrected chi connectivity index (χ2v) is 13.8. The summed E-state index contributed by atoms with van der Waals surface area (Å²) in [6.45, 7) is 9.99. The lowest BCUT2D eigenvalue weighted by molar-refractivity contribution is 0.00736. The molecule has 0 bridgehead atoms. The first kappa shape index (κ1) is 30.0. The molecule has 3 aromatic rings. The van der Waals surface area contributed by atoms with Crippen LogP contribution in [0.15, 0.2) is 41.6 Å². The van der Waals surface area contributed by atoms with Crippen molar-refractivity contribution >= 4 is 28.8 Å². The van der Waals surface area contributed by atoms with Gasteiger partial charge in [0.1, 0.15) is 15.6 Å². The zero-order valence-corrected chi connectivity index (χ0v) is 26.4. The molecule has 0 aromatic carbocycles. The van der Waals surface area contributed by atoms with Crippen molar-refractivity contribution in [3.8, 4) is 10.6 Å². The normalized spacial score (nSPS) is 18.3. The number of aromatic nitrogens is 4. The molecule has 0 radical (unpaired) electrons. The van der Waals surface area contributed by atoms with Crippen molar-refractivity contribution in [3.63, 3.8) is 0 Å². The molecule has 3 aromatic heterocycles. The van der Waals surface area contributed by atoms with Crippen LogP contribution in [0.1, 0.15) is 70.8 Å². The van der Waals surface area contributed by atoms with Gasteiger partial charge in [-0.1, -0.05) is 17.8 Å². The first-order valence-electron chi connectivity index (χ1n) is 14.9. The van der Waals surface area contributed by atoms with Gasteiger partial charge >= 0.3 is 6.09 Å². The molecule has 5 rings (SSSR count). The molecule has 0 N–H and O–H groups in total. The van der Waals surface area contributed by atoms with Gasteiger partial charge in [-0.15, -0.1) is 10.2 Å². The van der Waals surface area contributed by atoms with Crippen molar-refractivity contribution in [2.24, 2.45) is 5.92 Å².